The minimum absolute atomic E-state index is 0.0234. The Morgan fingerprint density at radius 3 is 2.38 bits per heavy atom. The van der Waals surface area contributed by atoms with E-state index in [-0.39, 0.29) is 36.8 Å². The summed E-state index contributed by atoms with van der Waals surface area (Å²) in [6, 6.07) is 0. The summed E-state index contributed by atoms with van der Waals surface area (Å²) in [6.45, 7) is 5.45. The number of carbonyl (C=O) groups excluding carboxylic acids is 1. The molecule has 2 heterocycles. The van der Waals surface area contributed by atoms with Gasteiger partial charge in [0.25, 0.3) is 0 Å². The predicted molar refractivity (Wildman–Crippen MR) is 88.6 cm³/mol. The van der Waals surface area contributed by atoms with E-state index in [1.807, 2.05) is 0 Å². The van der Waals surface area contributed by atoms with E-state index in [1.54, 1.807) is 20.8 Å². The molecule has 0 N–H and O–H groups in total. The van der Waals surface area contributed by atoms with Crippen LogP contribution >= 0.6 is 0 Å². The van der Waals surface area contributed by atoms with Crippen molar-refractivity contribution in [3.05, 3.63) is 22.8 Å². The summed E-state index contributed by atoms with van der Waals surface area (Å²) in [5.41, 5.74) is -1.09. The summed E-state index contributed by atoms with van der Waals surface area (Å²) in [5.74, 6) is 0.234. The Morgan fingerprint density at radius 2 is 1.81 bits per heavy atom. The molecule has 0 bridgehead atoms. The van der Waals surface area contributed by atoms with Gasteiger partial charge in [-0.1, -0.05) is 12.8 Å². The molecule has 1 aromatic heterocycles. The van der Waals surface area contributed by atoms with Crippen LogP contribution in [0.5, 0.6) is 0 Å². The molecule has 144 valence electrons. The smallest absolute Gasteiger partial charge is 0.433 e. The van der Waals surface area contributed by atoms with E-state index in [4.69, 9.17) is 4.74 Å². The molecule has 1 amide bonds. The molecule has 8 heteroatoms. The molecule has 1 aromatic rings. The van der Waals surface area contributed by atoms with Crippen molar-refractivity contribution in [2.75, 3.05) is 6.54 Å². The van der Waals surface area contributed by atoms with Gasteiger partial charge in [-0.25, -0.2) is 14.8 Å². The van der Waals surface area contributed by atoms with Gasteiger partial charge in [0.2, 0.25) is 0 Å². The lowest BCUT2D eigenvalue weighted by molar-refractivity contribution is -0.142. The first-order valence-corrected chi connectivity index (χ1v) is 8.99. The molecule has 26 heavy (non-hydrogen) atoms. The zero-order valence-electron chi connectivity index (χ0n) is 15.3. The van der Waals surface area contributed by atoms with E-state index in [1.165, 1.54) is 4.90 Å². The van der Waals surface area contributed by atoms with E-state index in [0.717, 1.165) is 25.7 Å². The topological polar surface area (TPSA) is 55.3 Å². The Labute approximate surface area is 150 Å². The Bertz CT molecular complexity index is 692. The molecule has 0 spiro atoms. The first-order valence-electron chi connectivity index (χ1n) is 8.99. The van der Waals surface area contributed by atoms with Gasteiger partial charge in [-0.05, 0) is 40.0 Å². The molecule has 1 fully saturated rings. The second kappa shape index (κ2) is 6.70. The maximum absolute atomic E-state index is 13.5. The summed E-state index contributed by atoms with van der Waals surface area (Å²) >= 11 is 0. The fourth-order valence-corrected chi connectivity index (χ4v) is 3.53. The lowest BCUT2D eigenvalue weighted by atomic mass is 10.0. The SMILES string of the molecule is CC(C)(C)OC(=O)N1CCc2c(nc(C3CCCC3)nc2C(F)(F)F)C1. The zero-order chi connectivity index (χ0) is 19.1. The Balaban J connectivity index is 1.92. The van der Waals surface area contributed by atoms with Gasteiger partial charge in [0, 0.05) is 18.0 Å². The number of nitrogens with zero attached hydrogens (tertiary/aromatic N) is 3. The minimum atomic E-state index is -4.52. The molecule has 0 atom stereocenters. The number of halogens is 3. The Kier molecular flexibility index (Phi) is 4.88. The highest BCUT2D eigenvalue weighted by molar-refractivity contribution is 5.68. The van der Waals surface area contributed by atoms with Crippen molar-refractivity contribution in [3.8, 4) is 0 Å². The van der Waals surface area contributed by atoms with E-state index in [2.05, 4.69) is 9.97 Å². The number of carbonyl (C=O) groups is 1. The van der Waals surface area contributed by atoms with E-state index in [9.17, 15) is 18.0 Å². The van der Waals surface area contributed by atoms with Crippen molar-refractivity contribution < 1.29 is 22.7 Å². The number of rotatable bonds is 1. The van der Waals surface area contributed by atoms with Gasteiger partial charge in [0.15, 0.2) is 5.69 Å². The first-order chi connectivity index (χ1) is 12.0. The summed E-state index contributed by atoms with van der Waals surface area (Å²) in [6.07, 6.45) is -1.38. The van der Waals surface area contributed by atoms with Crippen LogP contribution in [-0.2, 0) is 23.9 Å². The summed E-state index contributed by atoms with van der Waals surface area (Å²) < 4.78 is 45.9. The number of hydrogen-bond donors (Lipinski definition) is 0. The maximum atomic E-state index is 13.5. The lowest BCUT2D eigenvalue weighted by Gasteiger charge is -2.32. The van der Waals surface area contributed by atoms with Crippen LogP contribution in [0.1, 0.15) is 75.1 Å². The lowest BCUT2D eigenvalue weighted by Crippen LogP contribution is -2.41. The van der Waals surface area contributed by atoms with Gasteiger partial charge in [0.05, 0.1) is 12.2 Å². The number of alkyl halides is 3. The van der Waals surface area contributed by atoms with Crippen molar-refractivity contribution >= 4 is 6.09 Å². The third-order valence-corrected chi connectivity index (χ3v) is 4.72. The average Bonchev–Trinajstić information content (AvgIpc) is 3.05. The van der Waals surface area contributed by atoms with E-state index < -0.39 is 23.6 Å². The Morgan fingerprint density at radius 1 is 1.15 bits per heavy atom. The van der Waals surface area contributed by atoms with Gasteiger partial charge >= 0.3 is 12.3 Å². The monoisotopic (exact) mass is 371 g/mol. The third-order valence-electron chi connectivity index (χ3n) is 4.72. The molecular weight excluding hydrogens is 347 g/mol. The van der Waals surface area contributed by atoms with E-state index >= 15 is 0 Å². The highest BCUT2D eigenvalue weighted by atomic mass is 19.4. The molecular formula is C18H24F3N3O2. The van der Waals surface area contributed by atoms with Gasteiger partial charge < -0.3 is 9.64 Å². The first kappa shape index (κ1) is 18.9. The molecule has 3 rings (SSSR count). The van der Waals surface area contributed by atoms with Gasteiger partial charge in [0.1, 0.15) is 11.4 Å². The highest BCUT2D eigenvalue weighted by Gasteiger charge is 2.40. The fourth-order valence-electron chi connectivity index (χ4n) is 3.53. The van der Waals surface area contributed by atoms with Crippen LogP contribution in [0.15, 0.2) is 0 Å². The van der Waals surface area contributed by atoms with Crippen LogP contribution in [0, 0.1) is 0 Å². The molecule has 0 saturated heterocycles. The van der Waals surface area contributed by atoms with Crippen LogP contribution < -0.4 is 0 Å². The Hall–Kier alpha value is -1.86. The number of hydrogen-bond acceptors (Lipinski definition) is 4. The summed E-state index contributed by atoms with van der Waals surface area (Å²) in [4.78, 5) is 22.0. The normalized spacial score (nSPS) is 18.8. The van der Waals surface area contributed by atoms with Crippen molar-refractivity contribution in [3.63, 3.8) is 0 Å². The molecule has 2 aliphatic rings. The molecule has 1 aliphatic heterocycles. The van der Waals surface area contributed by atoms with Crippen LogP contribution in [-0.4, -0.2) is 33.1 Å². The second-order valence-electron chi connectivity index (χ2n) is 7.99. The largest absolute Gasteiger partial charge is 0.444 e. The van der Waals surface area contributed by atoms with Gasteiger partial charge in [-0.2, -0.15) is 13.2 Å². The van der Waals surface area contributed by atoms with Crippen LogP contribution in [0.2, 0.25) is 0 Å². The van der Waals surface area contributed by atoms with Crippen LogP contribution in [0.25, 0.3) is 0 Å². The summed E-state index contributed by atoms with van der Waals surface area (Å²) in [5, 5.41) is 0. The standard InChI is InChI=1S/C18H24F3N3O2/c1-17(2,3)26-16(25)24-9-8-12-13(10-24)22-15(11-6-4-5-7-11)23-14(12)18(19,20)21/h11H,4-10H2,1-3H3. The molecule has 1 aliphatic carbocycles. The minimum Gasteiger partial charge on any atom is -0.444 e. The number of amides is 1. The molecule has 0 unspecified atom stereocenters. The van der Waals surface area contributed by atoms with Crippen molar-refractivity contribution in [1.29, 1.82) is 0 Å². The van der Waals surface area contributed by atoms with Crippen LogP contribution in [0.3, 0.4) is 0 Å². The zero-order valence-corrected chi connectivity index (χ0v) is 15.3. The van der Waals surface area contributed by atoms with Crippen molar-refractivity contribution in [2.24, 2.45) is 0 Å². The van der Waals surface area contributed by atoms with E-state index in [0.29, 0.717) is 5.69 Å². The van der Waals surface area contributed by atoms with Crippen LogP contribution in [0.4, 0.5) is 18.0 Å². The van der Waals surface area contributed by atoms with Gasteiger partial charge in [-0.3, -0.25) is 0 Å². The highest BCUT2D eigenvalue weighted by Crippen LogP contribution is 2.38. The third kappa shape index (κ3) is 4.10. The number of ether oxygens (including phenoxy) is 1. The number of aromatic nitrogens is 2. The quantitative estimate of drug-likeness (QED) is 0.732. The second-order valence-corrected chi connectivity index (χ2v) is 7.99. The molecule has 1 saturated carbocycles. The van der Waals surface area contributed by atoms with Crippen molar-refractivity contribution in [2.45, 2.75) is 77.1 Å². The van der Waals surface area contributed by atoms with Crippen molar-refractivity contribution in [1.82, 2.24) is 14.9 Å². The number of fused-ring (bicyclic) bond motifs is 1. The summed E-state index contributed by atoms with van der Waals surface area (Å²) in [7, 11) is 0. The maximum Gasteiger partial charge on any atom is 0.433 e. The predicted octanol–water partition coefficient (Wildman–Crippen LogP) is 4.45. The fraction of sp³-hybridized carbons (Fsp3) is 0.722. The molecule has 5 nitrogen and oxygen atoms in total. The molecule has 0 radical (unpaired) electrons. The average molecular weight is 371 g/mol. The van der Waals surface area contributed by atoms with Gasteiger partial charge in [-0.15, -0.1) is 0 Å². The molecule has 0 aromatic carbocycles.